The summed E-state index contributed by atoms with van der Waals surface area (Å²) in [5.74, 6) is 0.602. The van der Waals surface area contributed by atoms with Crippen molar-refractivity contribution in [3.8, 4) is 0 Å². The smallest absolute Gasteiger partial charge is 0.430 e. The van der Waals surface area contributed by atoms with Crippen LogP contribution in [-0.2, 0) is 9.47 Å². The molecule has 0 saturated heterocycles. The Bertz CT molecular complexity index is 287. The molecule has 0 amide bonds. The van der Waals surface area contributed by atoms with Crippen LogP contribution in [0.5, 0.6) is 0 Å². The molecule has 0 saturated carbocycles. The van der Waals surface area contributed by atoms with Crippen molar-refractivity contribution in [2.75, 3.05) is 6.61 Å². The van der Waals surface area contributed by atoms with Crippen LogP contribution in [0, 0.1) is 0 Å². The first-order chi connectivity index (χ1) is 6.74. The Morgan fingerprint density at radius 3 is 3.14 bits per heavy atom. The summed E-state index contributed by atoms with van der Waals surface area (Å²) in [5.41, 5.74) is 1.07. The average molecular weight is 194 g/mol. The van der Waals surface area contributed by atoms with Crippen molar-refractivity contribution in [2.24, 2.45) is 0 Å². The number of rotatable bonds is 3. The third kappa shape index (κ3) is 3.09. The second kappa shape index (κ2) is 5.27. The lowest BCUT2D eigenvalue weighted by atomic mass is 10.1. The first kappa shape index (κ1) is 10.6. The molecule has 76 valence electrons. The molecule has 0 aromatic carbocycles. The highest BCUT2D eigenvalue weighted by atomic mass is 16.7. The van der Waals surface area contributed by atoms with Gasteiger partial charge in [0, 0.05) is 0 Å². The Morgan fingerprint density at radius 2 is 2.50 bits per heavy atom. The number of ether oxygens (including phenoxy) is 2. The molecule has 0 aromatic heterocycles. The number of hydrogen-bond acceptors (Lipinski definition) is 3. The molecule has 1 rings (SSSR count). The van der Waals surface area contributed by atoms with Gasteiger partial charge >= 0.3 is 6.16 Å². The van der Waals surface area contributed by atoms with Crippen molar-refractivity contribution in [2.45, 2.75) is 19.8 Å². The molecule has 3 nitrogen and oxygen atoms in total. The van der Waals surface area contributed by atoms with E-state index in [1.54, 1.807) is 6.08 Å². The van der Waals surface area contributed by atoms with Crippen molar-refractivity contribution in [1.29, 1.82) is 0 Å². The van der Waals surface area contributed by atoms with E-state index in [0.717, 1.165) is 18.4 Å². The minimum atomic E-state index is -0.675. The molecule has 0 N–H and O–H groups in total. The molecule has 0 fully saturated rings. The molecule has 3 heteroatoms. The largest absolute Gasteiger partial charge is 0.514 e. The van der Waals surface area contributed by atoms with Crippen LogP contribution in [0.25, 0.3) is 0 Å². The van der Waals surface area contributed by atoms with Crippen LogP contribution in [0.1, 0.15) is 19.8 Å². The molecule has 1 aliphatic carbocycles. The standard InChI is InChI=1S/C11H14O3/c1-3-8-13-11(12)14-10-7-5-4-6-9(10)2/h3,5,7H,1,4,6,8H2,2H3. The van der Waals surface area contributed by atoms with Gasteiger partial charge < -0.3 is 9.47 Å². The van der Waals surface area contributed by atoms with Crippen molar-refractivity contribution in [1.82, 2.24) is 0 Å². The Kier molecular flexibility index (Phi) is 3.98. The Morgan fingerprint density at radius 1 is 1.71 bits per heavy atom. The van der Waals surface area contributed by atoms with E-state index in [1.165, 1.54) is 6.08 Å². The summed E-state index contributed by atoms with van der Waals surface area (Å²) in [4.78, 5) is 11.1. The lowest BCUT2D eigenvalue weighted by Crippen LogP contribution is -2.08. The zero-order valence-electron chi connectivity index (χ0n) is 8.29. The fourth-order valence-corrected chi connectivity index (χ4v) is 1.12. The van der Waals surface area contributed by atoms with E-state index in [2.05, 4.69) is 6.58 Å². The highest BCUT2D eigenvalue weighted by molar-refractivity contribution is 5.62. The minimum Gasteiger partial charge on any atom is -0.430 e. The van der Waals surface area contributed by atoms with Gasteiger partial charge in [-0.1, -0.05) is 18.7 Å². The number of hydrogen-bond donors (Lipinski definition) is 0. The van der Waals surface area contributed by atoms with Gasteiger partial charge in [-0.3, -0.25) is 0 Å². The molecule has 0 spiro atoms. The van der Waals surface area contributed by atoms with Crippen LogP contribution in [0.3, 0.4) is 0 Å². The van der Waals surface area contributed by atoms with Crippen LogP contribution >= 0.6 is 0 Å². The van der Waals surface area contributed by atoms with Crippen LogP contribution in [0.2, 0.25) is 0 Å². The van der Waals surface area contributed by atoms with Gasteiger partial charge in [-0.2, -0.15) is 0 Å². The van der Waals surface area contributed by atoms with Crippen molar-refractivity contribution >= 4 is 6.16 Å². The van der Waals surface area contributed by atoms with Crippen LogP contribution in [0.4, 0.5) is 4.79 Å². The first-order valence-corrected chi connectivity index (χ1v) is 4.56. The fraction of sp³-hybridized carbons (Fsp3) is 0.364. The predicted molar refractivity (Wildman–Crippen MR) is 53.7 cm³/mol. The van der Waals surface area contributed by atoms with Gasteiger partial charge in [-0.05, 0) is 31.4 Å². The summed E-state index contributed by atoms with van der Waals surface area (Å²) in [6.45, 7) is 5.56. The maximum Gasteiger partial charge on any atom is 0.514 e. The molecule has 0 aromatic rings. The van der Waals surface area contributed by atoms with Gasteiger partial charge in [0.05, 0.1) is 0 Å². The Labute approximate surface area is 83.7 Å². The SMILES string of the molecule is C=CCOC(=O)OC1=C(C)CCC=C1. The molecule has 14 heavy (non-hydrogen) atoms. The van der Waals surface area contributed by atoms with Crippen LogP contribution < -0.4 is 0 Å². The second-order valence-electron chi connectivity index (χ2n) is 3.04. The monoisotopic (exact) mass is 194 g/mol. The lowest BCUT2D eigenvalue weighted by Gasteiger charge is -2.11. The fourth-order valence-electron chi connectivity index (χ4n) is 1.12. The summed E-state index contributed by atoms with van der Waals surface area (Å²) >= 11 is 0. The number of carbonyl (C=O) groups is 1. The Hall–Kier alpha value is -1.51. The molecule has 0 unspecified atom stereocenters. The van der Waals surface area contributed by atoms with E-state index in [4.69, 9.17) is 9.47 Å². The van der Waals surface area contributed by atoms with Crippen molar-refractivity contribution < 1.29 is 14.3 Å². The van der Waals surface area contributed by atoms with E-state index in [-0.39, 0.29) is 6.61 Å². The van der Waals surface area contributed by atoms with E-state index >= 15 is 0 Å². The molecule has 1 aliphatic rings. The minimum absolute atomic E-state index is 0.175. The van der Waals surface area contributed by atoms with Gasteiger partial charge in [-0.25, -0.2) is 4.79 Å². The average Bonchev–Trinajstić information content (AvgIpc) is 2.18. The Balaban J connectivity index is 2.46. The van der Waals surface area contributed by atoms with Gasteiger partial charge in [0.15, 0.2) is 0 Å². The van der Waals surface area contributed by atoms with Crippen LogP contribution in [-0.4, -0.2) is 12.8 Å². The summed E-state index contributed by atoms with van der Waals surface area (Å²) in [6, 6.07) is 0. The highest BCUT2D eigenvalue weighted by Crippen LogP contribution is 2.19. The quantitative estimate of drug-likeness (QED) is 0.512. The zero-order valence-corrected chi connectivity index (χ0v) is 8.29. The lowest BCUT2D eigenvalue weighted by molar-refractivity contribution is 0.0880. The van der Waals surface area contributed by atoms with Crippen molar-refractivity contribution in [3.63, 3.8) is 0 Å². The number of allylic oxidation sites excluding steroid dienone is 3. The van der Waals surface area contributed by atoms with Crippen LogP contribution in [0.15, 0.2) is 36.1 Å². The van der Waals surface area contributed by atoms with Gasteiger partial charge in [0.1, 0.15) is 12.4 Å². The topological polar surface area (TPSA) is 35.5 Å². The molecule has 0 atom stereocenters. The molecule has 0 aliphatic heterocycles. The molecule has 0 bridgehead atoms. The molecular formula is C11H14O3. The maximum atomic E-state index is 11.1. The third-order valence-corrected chi connectivity index (χ3v) is 1.89. The zero-order chi connectivity index (χ0) is 10.4. The van der Waals surface area contributed by atoms with Gasteiger partial charge in [-0.15, -0.1) is 0 Å². The summed E-state index contributed by atoms with van der Waals surface area (Å²) in [5, 5.41) is 0. The van der Waals surface area contributed by atoms with E-state index in [9.17, 15) is 4.79 Å². The third-order valence-electron chi connectivity index (χ3n) is 1.89. The summed E-state index contributed by atoms with van der Waals surface area (Å²) in [7, 11) is 0. The predicted octanol–water partition coefficient (Wildman–Crippen LogP) is 2.95. The van der Waals surface area contributed by atoms with E-state index in [1.807, 2.05) is 13.0 Å². The van der Waals surface area contributed by atoms with Gasteiger partial charge in [0.2, 0.25) is 0 Å². The van der Waals surface area contributed by atoms with Crippen molar-refractivity contribution in [3.05, 3.63) is 36.1 Å². The molecule has 0 heterocycles. The maximum absolute atomic E-state index is 11.1. The second-order valence-corrected chi connectivity index (χ2v) is 3.04. The van der Waals surface area contributed by atoms with E-state index in [0.29, 0.717) is 5.76 Å². The summed E-state index contributed by atoms with van der Waals surface area (Å²) in [6.07, 6.45) is 6.53. The number of carbonyl (C=O) groups excluding carboxylic acids is 1. The first-order valence-electron chi connectivity index (χ1n) is 4.56. The normalized spacial score (nSPS) is 15.2. The molecule has 0 radical (unpaired) electrons. The summed E-state index contributed by atoms with van der Waals surface area (Å²) < 4.78 is 9.68. The highest BCUT2D eigenvalue weighted by Gasteiger charge is 2.10. The van der Waals surface area contributed by atoms with Gasteiger partial charge in [0.25, 0.3) is 0 Å². The molecular weight excluding hydrogens is 180 g/mol. The van der Waals surface area contributed by atoms with E-state index < -0.39 is 6.16 Å².